The number of fused-ring (bicyclic) bond motifs is 13. The third-order valence-electron chi connectivity index (χ3n) is 23.2. The van der Waals surface area contributed by atoms with Gasteiger partial charge in [0.1, 0.15) is 125 Å². The Labute approximate surface area is 805 Å². The maximum atomic E-state index is 16.1. The first kappa shape index (κ1) is 97.2. The molecule has 23 rings (SSSR count). The highest BCUT2D eigenvalue weighted by Crippen LogP contribution is 2.66. The summed E-state index contributed by atoms with van der Waals surface area (Å²) in [5.74, 6) is -4.49. The molecule has 11 aliphatic rings. The number of nitrogens with two attached hydrogens (primary N) is 6. The third-order valence-corrected chi connectivity index (χ3v) is 37.0. The van der Waals surface area contributed by atoms with E-state index in [1.54, 1.807) is 9.13 Å². The molecule has 11 saturated heterocycles. The summed E-state index contributed by atoms with van der Waals surface area (Å²) in [5, 5.41) is 1.07. The van der Waals surface area contributed by atoms with Crippen molar-refractivity contribution in [2.75, 3.05) is 87.3 Å². The monoisotopic (exact) mass is 2220 g/mol. The summed E-state index contributed by atoms with van der Waals surface area (Å²) in [6, 6.07) is 0. The van der Waals surface area contributed by atoms with Gasteiger partial charge in [0.2, 0.25) is 24.1 Å². The van der Waals surface area contributed by atoms with Crippen LogP contribution in [0.1, 0.15) is 34.8 Å². The van der Waals surface area contributed by atoms with Crippen LogP contribution in [-0.2, 0) is 142 Å². The number of nitrogens with one attached hydrogen (secondary N) is 3. The lowest BCUT2D eigenvalue weighted by Crippen LogP contribution is -2.45. The number of imidazole rings is 5. The van der Waals surface area contributed by atoms with Crippen molar-refractivity contribution < 1.29 is 129 Å². The number of ether oxygens (including phenoxy) is 5. The Hall–Kier alpha value is -6.92. The maximum Gasteiger partial charge on any atom is 0.386 e. The molecule has 12 aromatic heterocycles. The molecule has 12 aromatic rings. The SMILES string of the molecule is Nc1nc2c(ncn2[C@@H]2S[C@@H]3COP(O)(=S)O[C@@H]4[C@@H](COP(=O)(S)O[C@@H]2[C@H]3F)O[C@@H](n2nnc3c(N)ncnc32)C4(F)F)c(=O)[nH]1.Nc1nc2c(ncn2[C@@H]2S[C@@H]3COP(O)(=S)O[C@H]4[C@H]5OC[C@]4(COP(O)(=S)O[C@@H]2[C@H]3F)O[C@H]5n2cnc3c(N)ncnc32)c(=O)[nH]1.Nc1nc2c(ncn2[C@@H]2S[C@@H]3COP(O)(=S)O[C@H]4[C@H]5OC[C@]4(COP(O)(=S)O[C@@H]2[C@H]3F)O[C@H]5n2cnc3c(N)ncnc32)c(=O)[nH]1. The number of aromatic amines is 3. The number of thiol groups is 1. The van der Waals surface area contributed by atoms with Gasteiger partial charge in [-0.15, -0.1) is 40.4 Å². The number of anilines is 6. The van der Waals surface area contributed by atoms with Gasteiger partial charge in [-0.1, -0.05) is 17.5 Å². The lowest BCUT2D eigenvalue weighted by atomic mass is 10.0. The van der Waals surface area contributed by atoms with Crippen molar-refractivity contribution in [3.05, 3.63) is 81.7 Å². The Balaban J connectivity index is 0.000000123. The van der Waals surface area contributed by atoms with E-state index in [9.17, 15) is 43.4 Å². The van der Waals surface area contributed by atoms with E-state index in [4.69, 9.17) is 171 Å². The summed E-state index contributed by atoms with van der Waals surface area (Å²) in [5.41, 5.74) is 30.8. The van der Waals surface area contributed by atoms with Crippen LogP contribution < -0.4 is 51.1 Å². The minimum Gasteiger partial charge on any atom is -0.382 e. The quantitative estimate of drug-likeness (QED) is 0.0629. The molecule has 0 radical (unpaired) electrons. The first-order valence-electron chi connectivity index (χ1n) is 39.6. The fourth-order valence-corrected chi connectivity index (χ4v) is 30.6. The van der Waals surface area contributed by atoms with Crippen LogP contribution in [0.15, 0.2) is 65.0 Å². The minimum atomic E-state index is -4.58. The standard InChI is InChI=1S/2C21H23FN10O9P2S3.C19H20F3N11O8P2S3/c2*22-8-7-1-37-42(34,44)41-13-12-18(31-5-27-9-14(23)25-4-26-15(9)31)39-21(13,2-36-12)3-38-43(35,45)40-11(8)19(46-7)32-6-28-10-16(32)29-20(24)30-17(10)33;20-7-6-2-38-43(36,45)41-11-5(39-17(19(11,21)22)33-13-8(30-31-33)12(23)25-3-26-13)1-37-42(35,44)40-10(7)16(46-6)32-4-27-9-14(32)28-18(24)29-15(9)34/h2*4-8,11-13,18-19H,1-3H2,(H,34,44)(H,35,45)(H2,23,25,26)(H3,24,29,30,33);3-7,10-11,16-17H,1-2H2,(H,35,44)(H,36,45)(H2,23,25,26)(H3,24,28,29,34)/t2*7-,8+,11-,12-,13+,18-,19-,21-,42?,43?;5-,6-,7+,10-,11-,16-,17-,42?,43?/m111/s1. The summed E-state index contributed by atoms with van der Waals surface area (Å²) < 4.78 is 200. The van der Waals surface area contributed by atoms with Crippen molar-refractivity contribution in [3.63, 3.8) is 0 Å². The molecular formula is C61H66F5N31O26P6S9. The molecule has 20 N–H and O–H groups in total. The van der Waals surface area contributed by atoms with E-state index in [-0.39, 0.29) is 93.2 Å². The zero-order valence-corrected chi connectivity index (χ0v) is 81.1. The molecule has 57 nitrogen and oxygen atoms in total. The summed E-state index contributed by atoms with van der Waals surface area (Å²) in [7, 11) is 0. The second-order valence-electron chi connectivity index (χ2n) is 31.7. The topological polar surface area (TPSA) is 766 Å². The van der Waals surface area contributed by atoms with E-state index >= 15 is 22.0 Å². The molecule has 740 valence electrons. The van der Waals surface area contributed by atoms with Gasteiger partial charge < -0.3 is 105 Å². The maximum absolute atomic E-state index is 16.1. The molecule has 0 saturated carbocycles. The zero-order chi connectivity index (χ0) is 97.1. The Morgan fingerprint density at radius 2 is 0.783 bits per heavy atom. The van der Waals surface area contributed by atoms with E-state index in [0.29, 0.717) is 27.0 Å². The molecule has 11 aliphatic heterocycles. The van der Waals surface area contributed by atoms with E-state index in [1.165, 1.54) is 58.0 Å². The van der Waals surface area contributed by atoms with Gasteiger partial charge >= 0.3 is 46.3 Å². The Morgan fingerprint density at radius 3 is 1.19 bits per heavy atom. The molecule has 0 amide bonds. The number of rotatable bonds is 6. The number of halogens is 5. The van der Waals surface area contributed by atoms with Crippen molar-refractivity contribution in [2.45, 2.75) is 141 Å². The second-order valence-corrected chi connectivity index (χ2v) is 52.6. The number of hydrogen-bond acceptors (Lipinski definition) is 51. The van der Waals surface area contributed by atoms with Gasteiger partial charge in [0.15, 0.2) is 92.0 Å². The summed E-state index contributed by atoms with van der Waals surface area (Å²) in [4.78, 5) is 157. The van der Waals surface area contributed by atoms with Crippen LogP contribution in [-0.4, -0.2) is 306 Å². The Morgan fingerprint density at radius 1 is 0.428 bits per heavy atom. The number of aromatic nitrogens is 25. The van der Waals surface area contributed by atoms with Crippen molar-refractivity contribution in [3.8, 4) is 0 Å². The first-order valence-corrected chi connectivity index (χ1v) is 58.1. The molecule has 6 unspecified atom stereocenters. The molecule has 11 fully saturated rings. The zero-order valence-electron chi connectivity index (χ0n) is 68.3. The average Bonchev–Trinajstić information content (AvgIpc) is 1.55. The third kappa shape index (κ3) is 17.6. The summed E-state index contributed by atoms with van der Waals surface area (Å²) >= 11 is 33.2. The average molecular weight is 2220 g/mol. The van der Waals surface area contributed by atoms with Crippen LogP contribution in [0.25, 0.3) is 67.0 Å². The van der Waals surface area contributed by atoms with Crippen LogP contribution in [0.2, 0.25) is 0 Å². The second kappa shape index (κ2) is 35.8. The predicted molar refractivity (Wildman–Crippen MR) is 489 cm³/mol. The number of hydrogen-bond donors (Lipinski definition) is 15. The molecule has 0 spiro atoms. The fraction of sp³-hybridized carbons (Fsp3) is 0.525. The lowest BCUT2D eigenvalue weighted by molar-refractivity contribution is -0.183. The van der Waals surface area contributed by atoms with E-state index in [1.807, 2.05) is 0 Å². The van der Waals surface area contributed by atoms with E-state index in [2.05, 4.69) is 107 Å². The molecule has 138 heavy (non-hydrogen) atoms. The Bertz CT molecular complexity index is 7100. The van der Waals surface area contributed by atoms with Gasteiger partial charge in [0, 0.05) is 0 Å². The van der Waals surface area contributed by atoms with Gasteiger partial charge in [-0.3, -0.25) is 83.8 Å². The van der Waals surface area contributed by atoms with Crippen molar-refractivity contribution >= 4 is 249 Å². The van der Waals surface area contributed by atoms with Gasteiger partial charge in [-0.05, 0) is 59.0 Å². The number of thioether (sulfide) groups is 3. The van der Waals surface area contributed by atoms with Crippen LogP contribution >= 0.6 is 87.9 Å². The number of H-pyrrole nitrogens is 3. The van der Waals surface area contributed by atoms with Crippen LogP contribution in [0, 0.1) is 0 Å². The largest absolute Gasteiger partial charge is 0.386 e. The summed E-state index contributed by atoms with van der Waals surface area (Å²) in [6.07, 6.45) is -12.3. The number of nitrogens with zero attached hydrogens (tertiary/aromatic N) is 22. The molecule has 77 heteroatoms. The molecule has 0 aromatic carbocycles. The van der Waals surface area contributed by atoms with Gasteiger partial charge in [0.05, 0.1) is 100 Å². The van der Waals surface area contributed by atoms with Gasteiger partial charge in [-0.2, -0.15) is 28.4 Å². The number of alkyl halides is 5. The minimum absolute atomic E-state index is 0.0455. The smallest absolute Gasteiger partial charge is 0.382 e. The first-order chi connectivity index (χ1) is 65.3. The number of nitrogen functional groups attached to an aromatic ring is 6. The highest BCUT2D eigenvalue weighted by atomic mass is 32.7. The molecular weight excluding hydrogens is 2150 g/mol. The van der Waals surface area contributed by atoms with E-state index < -0.39 is 238 Å². The van der Waals surface area contributed by atoms with Crippen molar-refractivity contribution in [1.82, 2.24) is 123 Å². The molecule has 10 bridgehead atoms. The van der Waals surface area contributed by atoms with E-state index in [0.717, 1.165) is 41.6 Å². The fourth-order valence-electron chi connectivity index (χ4n) is 17.0. The van der Waals surface area contributed by atoms with Crippen LogP contribution in [0.4, 0.5) is 57.3 Å². The predicted octanol–water partition coefficient (Wildman–Crippen LogP) is 1.06. The lowest BCUT2D eigenvalue weighted by Gasteiger charge is -2.33. The van der Waals surface area contributed by atoms with Crippen LogP contribution in [0.3, 0.4) is 0 Å². The highest BCUT2D eigenvalue weighted by Gasteiger charge is 2.69. The highest BCUT2D eigenvalue weighted by molar-refractivity contribution is 8.44. The molecule has 29 atom stereocenters. The molecule has 0 aliphatic carbocycles. The summed E-state index contributed by atoms with van der Waals surface area (Å²) in [6.45, 7) is -29.4. The van der Waals surface area contributed by atoms with Crippen molar-refractivity contribution in [2.24, 2.45) is 0 Å². The normalized spacial score (nSPS) is 38.7. The van der Waals surface area contributed by atoms with Gasteiger partial charge in [0.25, 0.3) is 16.7 Å². The van der Waals surface area contributed by atoms with Crippen LogP contribution in [0.5, 0.6) is 0 Å². The Kier molecular flexibility index (Phi) is 25.2. The van der Waals surface area contributed by atoms with Gasteiger partial charge in [-0.25, -0.2) is 72.6 Å². The molecule has 23 heterocycles. The van der Waals surface area contributed by atoms with Crippen molar-refractivity contribution in [1.29, 1.82) is 0 Å².